The van der Waals surface area contributed by atoms with Gasteiger partial charge in [0.2, 0.25) is 5.91 Å². The average molecular weight is 305 g/mol. The molecule has 0 spiro atoms. The molecule has 116 valence electrons. The van der Waals surface area contributed by atoms with Crippen LogP contribution < -0.4 is 9.64 Å². The lowest BCUT2D eigenvalue weighted by molar-refractivity contribution is -0.384. The molecule has 2 heterocycles. The van der Waals surface area contributed by atoms with Crippen LogP contribution in [-0.2, 0) is 9.59 Å². The van der Waals surface area contributed by atoms with Gasteiger partial charge in [-0.2, -0.15) is 0 Å². The molecule has 1 aromatic carbocycles. The van der Waals surface area contributed by atoms with E-state index in [1.807, 2.05) is 0 Å². The Morgan fingerprint density at radius 1 is 1.32 bits per heavy atom. The van der Waals surface area contributed by atoms with Crippen LogP contribution in [0.25, 0.3) is 0 Å². The monoisotopic (exact) mass is 305 g/mol. The van der Waals surface area contributed by atoms with Crippen LogP contribution >= 0.6 is 0 Å². The van der Waals surface area contributed by atoms with Gasteiger partial charge in [0.15, 0.2) is 5.75 Å². The van der Waals surface area contributed by atoms with Crippen molar-refractivity contribution in [3.63, 3.8) is 0 Å². The van der Waals surface area contributed by atoms with Crippen molar-refractivity contribution in [1.82, 2.24) is 4.90 Å². The van der Waals surface area contributed by atoms with Crippen LogP contribution in [0.4, 0.5) is 11.4 Å². The lowest BCUT2D eigenvalue weighted by Crippen LogP contribution is -2.44. The van der Waals surface area contributed by atoms with Gasteiger partial charge < -0.3 is 14.5 Å². The van der Waals surface area contributed by atoms with Crippen LogP contribution in [0.15, 0.2) is 18.2 Å². The summed E-state index contributed by atoms with van der Waals surface area (Å²) in [5, 5.41) is 10.8. The number of anilines is 1. The van der Waals surface area contributed by atoms with Gasteiger partial charge in [0.1, 0.15) is 6.54 Å². The SMILES string of the molecule is O=C1CN(CC(=O)N2CCCC2)c2ccc([N+](=O)[O-])cc2O1. The summed E-state index contributed by atoms with van der Waals surface area (Å²) in [7, 11) is 0. The highest BCUT2D eigenvalue weighted by molar-refractivity contribution is 5.89. The Balaban J connectivity index is 1.83. The van der Waals surface area contributed by atoms with Crippen molar-refractivity contribution in [2.75, 3.05) is 31.1 Å². The average Bonchev–Trinajstić information content (AvgIpc) is 3.00. The van der Waals surface area contributed by atoms with E-state index in [4.69, 9.17) is 4.74 Å². The number of amides is 1. The molecule has 0 saturated carbocycles. The van der Waals surface area contributed by atoms with Crippen LogP contribution in [0.3, 0.4) is 0 Å². The van der Waals surface area contributed by atoms with Crippen molar-refractivity contribution in [2.24, 2.45) is 0 Å². The summed E-state index contributed by atoms with van der Waals surface area (Å²) in [6.45, 7) is 1.51. The Kier molecular flexibility index (Phi) is 3.66. The van der Waals surface area contributed by atoms with E-state index >= 15 is 0 Å². The van der Waals surface area contributed by atoms with Crippen LogP contribution in [0.2, 0.25) is 0 Å². The first-order valence-electron chi connectivity index (χ1n) is 7.06. The van der Waals surface area contributed by atoms with E-state index in [9.17, 15) is 19.7 Å². The summed E-state index contributed by atoms with van der Waals surface area (Å²) in [5.41, 5.74) is 0.372. The van der Waals surface area contributed by atoms with Gasteiger partial charge in [0, 0.05) is 19.2 Å². The molecule has 8 heteroatoms. The fourth-order valence-corrected chi connectivity index (χ4v) is 2.73. The third kappa shape index (κ3) is 2.72. The molecule has 0 aliphatic carbocycles. The molecule has 1 saturated heterocycles. The topological polar surface area (TPSA) is 93.0 Å². The van der Waals surface area contributed by atoms with Gasteiger partial charge in [0.25, 0.3) is 5.69 Å². The minimum absolute atomic E-state index is 0.0373. The van der Waals surface area contributed by atoms with Gasteiger partial charge in [0.05, 0.1) is 23.2 Å². The number of ether oxygens (including phenoxy) is 1. The normalized spacial score (nSPS) is 17.2. The van der Waals surface area contributed by atoms with E-state index in [0.29, 0.717) is 5.69 Å². The van der Waals surface area contributed by atoms with Gasteiger partial charge in [-0.15, -0.1) is 0 Å². The molecule has 2 aliphatic heterocycles. The minimum atomic E-state index is -0.553. The summed E-state index contributed by atoms with van der Waals surface area (Å²) in [4.78, 5) is 37.5. The molecule has 0 N–H and O–H groups in total. The second-order valence-electron chi connectivity index (χ2n) is 5.33. The number of carbonyl (C=O) groups is 2. The minimum Gasteiger partial charge on any atom is -0.423 e. The Labute approximate surface area is 126 Å². The number of benzene rings is 1. The molecule has 0 unspecified atom stereocenters. The number of fused-ring (bicyclic) bond motifs is 1. The maximum Gasteiger partial charge on any atom is 0.331 e. The van der Waals surface area contributed by atoms with E-state index in [-0.39, 0.29) is 30.4 Å². The highest BCUT2D eigenvalue weighted by atomic mass is 16.6. The molecule has 8 nitrogen and oxygen atoms in total. The van der Waals surface area contributed by atoms with Gasteiger partial charge in [-0.25, -0.2) is 4.79 Å². The lowest BCUT2D eigenvalue weighted by Gasteiger charge is -2.30. The zero-order valence-corrected chi connectivity index (χ0v) is 11.9. The van der Waals surface area contributed by atoms with Crippen LogP contribution in [-0.4, -0.2) is 47.9 Å². The van der Waals surface area contributed by atoms with E-state index in [0.717, 1.165) is 25.9 Å². The number of nitrogens with zero attached hydrogens (tertiary/aromatic N) is 3. The van der Waals surface area contributed by atoms with E-state index < -0.39 is 10.9 Å². The molecule has 0 atom stereocenters. The number of hydrogen-bond acceptors (Lipinski definition) is 6. The number of hydrogen-bond donors (Lipinski definition) is 0. The molecular formula is C14H15N3O5. The van der Waals surface area contributed by atoms with E-state index in [1.165, 1.54) is 18.2 Å². The van der Waals surface area contributed by atoms with Crippen molar-refractivity contribution >= 4 is 23.3 Å². The Bertz CT molecular complexity index is 639. The number of carbonyl (C=O) groups excluding carboxylic acids is 2. The molecule has 0 bridgehead atoms. The fraction of sp³-hybridized carbons (Fsp3) is 0.429. The van der Waals surface area contributed by atoms with Crippen molar-refractivity contribution in [1.29, 1.82) is 0 Å². The molecule has 1 fully saturated rings. The maximum absolute atomic E-state index is 12.2. The summed E-state index contributed by atoms with van der Waals surface area (Å²) in [6.07, 6.45) is 1.99. The summed E-state index contributed by atoms with van der Waals surface area (Å²) in [6, 6.07) is 4.06. The van der Waals surface area contributed by atoms with Gasteiger partial charge in [-0.05, 0) is 18.9 Å². The number of rotatable bonds is 3. The standard InChI is InChI=1S/C14H15N3O5/c18-13(15-5-1-2-6-15)8-16-9-14(19)22-12-7-10(17(20)21)3-4-11(12)16/h3-4,7H,1-2,5-6,8-9H2. The third-order valence-corrected chi connectivity index (χ3v) is 3.82. The number of nitro groups is 1. The first kappa shape index (κ1) is 14.3. The fourth-order valence-electron chi connectivity index (χ4n) is 2.73. The number of likely N-dealkylation sites (tertiary alicyclic amines) is 1. The Morgan fingerprint density at radius 2 is 2.05 bits per heavy atom. The van der Waals surface area contributed by atoms with Crippen molar-refractivity contribution in [3.05, 3.63) is 28.3 Å². The predicted octanol–water partition coefficient (Wildman–Crippen LogP) is 0.943. The molecule has 1 amide bonds. The van der Waals surface area contributed by atoms with Crippen LogP contribution in [0, 0.1) is 10.1 Å². The van der Waals surface area contributed by atoms with Crippen LogP contribution in [0.5, 0.6) is 5.75 Å². The Morgan fingerprint density at radius 3 is 2.73 bits per heavy atom. The first-order valence-corrected chi connectivity index (χ1v) is 7.06. The van der Waals surface area contributed by atoms with Gasteiger partial charge in [-0.1, -0.05) is 0 Å². The Hall–Kier alpha value is -2.64. The van der Waals surface area contributed by atoms with E-state index in [2.05, 4.69) is 0 Å². The summed E-state index contributed by atoms with van der Waals surface area (Å²) < 4.78 is 5.05. The molecule has 3 rings (SSSR count). The maximum atomic E-state index is 12.2. The first-order chi connectivity index (χ1) is 10.5. The largest absolute Gasteiger partial charge is 0.423 e. The molecule has 2 aliphatic rings. The molecular weight excluding hydrogens is 290 g/mol. The smallest absolute Gasteiger partial charge is 0.331 e. The van der Waals surface area contributed by atoms with Crippen molar-refractivity contribution < 1.29 is 19.2 Å². The highest BCUT2D eigenvalue weighted by Gasteiger charge is 2.29. The lowest BCUT2D eigenvalue weighted by atomic mass is 10.2. The number of nitro benzene ring substituents is 1. The quantitative estimate of drug-likeness (QED) is 0.357. The predicted molar refractivity (Wildman–Crippen MR) is 76.8 cm³/mol. The van der Waals surface area contributed by atoms with Crippen molar-refractivity contribution in [3.8, 4) is 5.75 Å². The number of esters is 1. The summed E-state index contributed by atoms with van der Waals surface area (Å²) >= 11 is 0. The van der Waals surface area contributed by atoms with Crippen molar-refractivity contribution in [2.45, 2.75) is 12.8 Å². The molecule has 22 heavy (non-hydrogen) atoms. The highest BCUT2D eigenvalue weighted by Crippen LogP contribution is 2.35. The van der Waals surface area contributed by atoms with Gasteiger partial charge in [-0.3, -0.25) is 14.9 Å². The number of non-ortho nitro benzene ring substituents is 1. The second kappa shape index (κ2) is 5.63. The van der Waals surface area contributed by atoms with E-state index in [1.54, 1.807) is 9.80 Å². The van der Waals surface area contributed by atoms with Crippen LogP contribution in [0.1, 0.15) is 12.8 Å². The summed E-state index contributed by atoms with van der Waals surface area (Å²) in [5.74, 6) is -0.446. The second-order valence-corrected chi connectivity index (χ2v) is 5.33. The van der Waals surface area contributed by atoms with Gasteiger partial charge >= 0.3 is 5.97 Å². The third-order valence-electron chi connectivity index (χ3n) is 3.82. The zero-order chi connectivity index (χ0) is 15.7. The molecule has 0 radical (unpaired) electrons. The zero-order valence-electron chi connectivity index (χ0n) is 11.9. The molecule has 0 aromatic heterocycles. The molecule has 1 aromatic rings.